The van der Waals surface area contributed by atoms with Gasteiger partial charge in [-0.25, -0.2) is 4.18 Å². The highest BCUT2D eigenvalue weighted by Crippen LogP contribution is 2.27. The van der Waals surface area contributed by atoms with Gasteiger partial charge in [0.1, 0.15) is 5.75 Å². The number of nitrogens with zero attached hydrogens (tertiary/aromatic N) is 1. The minimum Gasteiger partial charge on any atom is -0.466 e. The molecule has 2 unspecified atom stereocenters. The van der Waals surface area contributed by atoms with Crippen LogP contribution in [0, 0.1) is 6.92 Å². The molecule has 3 N–H and O–H groups in total. The van der Waals surface area contributed by atoms with E-state index in [0.717, 1.165) is 11.8 Å². The van der Waals surface area contributed by atoms with E-state index in [-0.39, 0.29) is 17.3 Å². The van der Waals surface area contributed by atoms with Crippen molar-refractivity contribution < 1.29 is 32.7 Å². The summed E-state index contributed by atoms with van der Waals surface area (Å²) in [5, 5.41) is 29.1. The van der Waals surface area contributed by atoms with Crippen molar-refractivity contribution in [1.29, 1.82) is 0 Å². The average Bonchev–Trinajstić information content (AvgIpc) is 2.54. The first-order valence-corrected chi connectivity index (χ1v) is 8.67. The first-order valence-electron chi connectivity index (χ1n) is 7.26. The normalized spacial score (nSPS) is 16.5. The third kappa shape index (κ3) is 4.63. The molecule has 0 saturated heterocycles. The molecule has 2 rings (SSSR count). The summed E-state index contributed by atoms with van der Waals surface area (Å²) in [6, 6.07) is 8.09. The number of aryl methyl sites for hydroxylation is 1. The van der Waals surface area contributed by atoms with Crippen molar-refractivity contribution in [3.05, 3.63) is 53.9 Å². The number of rotatable bonds is 7. The van der Waals surface area contributed by atoms with Crippen molar-refractivity contribution in [3.8, 4) is 5.75 Å². The third-order valence-corrected chi connectivity index (χ3v) is 4.62. The van der Waals surface area contributed by atoms with Crippen LogP contribution >= 0.6 is 0 Å². The fraction of sp³-hybridized carbons (Fsp3) is 0.267. The molecule has 0 fully saturated rings. The van der Waals surface area contributed by atoms with Crippen molar-refractivity contribution in [3.63, 3.8) is 0 Å². The molecule has 4 radical (unpaired) electrons. The van der Waals surface area contributed by atoms with Gasteiger partial charge in [0.05, 0.1) is 23.4 Å². The van der Waals surface area contributed by atoms with Crippen molar-refractivity contribution in [2.24, 2.45) is 0 Å². The molecular weight excluding hydrogens is 360 g/mol. The number of aromatic nitrogens is 1. The maximum absolute atomic E-state index is 12.2. The number of aliphatic hydroxyl groups is 3. The van der Waals surface area contributed by atoms with Crippen molar-refractivity contribution in [2.75, 3.05) is 0 Å². The van der Waals surface area contributed by atoms with E-state index in [1.165, 1.54) is 36.4 Å². The highest BCUT2D eigenvalue weighted by molar-refractivity contribution is 7.86. The van der Waals surface area contributed by atoms with Crippen LogP contribution < -0.4 is 4.74 Å². The molecule has 0 bridgehead atoms. The van der Waals surface area contributed by atoms with Crippen LogP contribution in [0.3, 0.4) is 0 Å². The minimum atomic E-state index is -4.56. The SMILES string of the molecule is [B]C(O)(Oc1ccc(CO)nc1)C([B])(O)OS(=O)(=O)c1ccc(C)cc1. The van der Waals surface area contributed by atoms with Gasteiger partial charge >= 0.3 is 0 Å². The quantitative estimate of drug-likeness (QED) is 0.330. The third-order valence-electron chi connectivity index (χ3n) is 3.29. The van der Waals surface area contributed by atoms with Crippen LogP contribution in [0.25, 0.3) is 0 Å². The van der Waals surface area contributed by atoms with Gasteiger partial charge in [0, 0.05) is 0 Å². The number of hydrogen-bond donors (Lipinski definition) is 3. The van der Waals surface area contributed by atoms with Crippen LogP contribution in [0.4, 0.5) is 0 Å². The van der Waals surface area contributed by atoms with Gasteiger partial charge in [-0.3, -0.25) is 4.98 Å². The number of benzene rings is 1. The molecule has 134 valence electrons. The Morgan fingerprint density at radius 3 is 2.19 bits per heavy atom. The van der Waals surface area contributed by atoms with Gasteiger partial charge in [0.25, 0.3) is 10.1 Å². The second-order valence-corrected chi connectivity index (χ2v) is 7.04. The summed E-state index contributed by atoms with van der Waals surface area (Å²) in [4.78, 5) is 3.46. The van der Waals surface area contributed by atoms with Crippen LogP contribution in [0.5, 0.6) is 5.75 Å². The predicted molar refractivity (Wildman–Crippen MR) is 91.6 cm³/mol. The first kappa shape index (κ1) is 20.4. The van der Waals surface area contributed by atoms with Gasteiger partial charge in [0.2, 0.25) is 0 Å². The summed E-state index contributed by atoms with van der Waals surface area (Å²) < 4.78 is 33.8. The Morgan fingerprint density at radius 1 is 1.08 bits per heavy atom. The van der Waals surface area contributed by atoms with Crippen LogP contribution in [0.1, 0.15) is 11.3 Å². The lowest BCUT2D eigenvalue weighted by atomic mass is 9.75. The molecule has 11 heteroatoms. The lowest BCUT2D eigenvalue weighted by molar-refractivity contribution is -0.239. The van der Waals surface area contributed by atoms with Crippen LogP contribution in [0.2, 0.25) is 0 Å². The Kier molecular flexibility index (Phi) is 5.79. The highest BCUT2D eigenvalue weighted by Gasteiger charge is 2.47. The summed E-state index contributed by atoms with van der Waals surface area (Å²) in [6.45, 7) is 1.42. The minimum absolute atomic E-state index is 0.160. The van der Waals surface area contributed by atoms with Crippen LogP contribution in [-0.2, 0) is 20.9 Å². The second kappa shape index (κ2) is 7.37. The predicted octanol–water partition coefficient (Wildman–Crippen LogP) is -0.704. The van der Waals surface area contributed by atoms with Crippen LogP contribution in [-0.4, -0.2) is 55.8 Å². The fourth-order valence-corrected chi connectivity index (χ4v) is 2.82. The zero-order valence-corrected chi connectivity index (χ0v) is 14.5. The molecule has 0 spiro atoms. The standard InChI is InChI=1S/C15H15B2NO7S/c1-10-2-6-13(7-3-10)26(22,23)25-15(17,21)14(16,20)24-12-5-4-11(9-19)18-8-12/h2-8,19-21H,9H2,1H3. The topological polar surface area (TPSA) is 126 Å². The molecule has 2 aromatic rings. The largest absolute Gasteiger partial charge is 0.466 e. The number of hydrogen-bond acceptors (Lipinski definition) is 8. The van der Waals surface area contributed by atoms with E-state index in [9.17, 15) is 18.6 Å². The Balaban J connectivity index is 2.21. The summed E-state index contributed by atoms with van der Waals surface area (Å²) >= 11 is 0. The van der Waals surface area contributed by atoms with Gasteiger partial charge in [-0.05, 0) is 31.2 Å². The second-order valence-electron chi connectivity index (χ2n) is 5.49. The average molecular weight is 375 g/mol. The summed E-state index contributed by atoms with van der Waals surface area (Å²) in [7, 11) is 6.18. The van der Waals surface area contributed by atoms with Gasteiger partial charge in [-0.2, -0.15) is 8.42 Å². The Labute approximate surface area is 153 Å². The van der Waals surface area contributed by atoms with Crippen LogP contribution in [0.15, 0.2) is 47.5 Å². The molecule has 26 heavy (non-hydrogen) atoms. The lowest BCUT2D eigenvalue weighted by Crippen LogP contribution is -2.61. The van der Waals surface area contributed by atoms with Crippen molar-refractivity contribution in [2.45, 2.75) is 29.8 Å². The Hall–Kier alpha value is -1.91. The zero-order valence-electron chi connectivity index (χ0n) is 13.7. The van der Waals surface area contributed by atoms with E-state index >= 15 is 0 Å². The van der Waals surface area contributed by atoms with Crippen molar-refractivity contribution >= 4 is 25.8 Å². The van der Waals surface area contributed by atoms with E-state index in [2.05, 4.69) is 9.17 Å². The van der Waals surface area contributed by atoms with Gasteiger partial charge < -0.3 is 20.1 Å². The van der Waals surface area contributed by atoms with E-state index < -0.39 is 21.5 Å². The molecule has 1 aromatic carbocycles. The first-order chi connectivity index (χ1) is 12.0. The molecule has 8 nitrogen and oxygen atoms in total. The molecule has 1 aromatic heterocycles. The van der Waals surface area contributed by atoms with E-state index in [4.69, 9.17) is 25.5 Å². The Bertz CT molecular complexity index is 853. The molecule has 0 aliphatic carbocycles. The molecule has 0 amide bonds. The molecule has 0 aliphatic rings. The number of aliphatic hydroxyl groups excluding tert-OH is 1. The zero-order chi connectivity index (χ0) is 19.6. The van der Waals surface area contributed by atoms with E-state index in [0.29, 0.717) is 5.69 Å². The van der Waals surface area contributed by atoms with Gasteiger partial charge in [0.15, 0.2) is 27.1 Å². The summed E-state index contributed by atoms with van der Waals surface area (Å²) in [5.74, 6) is -0.160. The number of ether oxygens (including phenoxy) is 1. The molecule has 1 heterocycles. The van der Waals surface area contributed by atoms with E-state index in [1.54, 1.807) is 6.92 Å². The summed E-state index contributed by atoms with van der Waals surface area (Å²) in [5.41, 5.74) is -5.37. The molecular formula is C15H15B2NO7S. The van der Waals surface area contributed by atoms with E-state index in [1.807, 2.05) is 0 Å². The maximum atomic E-state index is 12.2. The highest BCUT2D eigenvalue weighted by atomic mass is 32.2. The monoisotopic (exact) mass is 375 g/mol. The smallest absolute Gasteiger partial charge is 0.299 e. The molecule has 0 aliphatic heterocycles. The van der Waals surface area contributed by atoms with Gasteiger partial charge in [-0.1, -0.05) is 17.7 Å². The lowest BCUT2D eigenvalue weighted by Gasteiger charge is -2.38. The number of pyridine rings is 1. The maximum Gasteiger partial charge on any atom is 0.299 e. The molecule has 0 saturated carbocycles. The molecule has 2 atom stereocenters. The van der Waals surface area contributed by atoms with Crippen molar-refractivity contribution in [1.82, 2.24) is 4.98 Å². The summed E-state index contributed by atoms with van der Waals surface area (Å²) in [6.07, 6.45) is 1.08. The van der Waals surface area contributed by atoms with Gasteiger partial charge in [-0.15, -0.1) is 0 Å². The Morgan fingerprint density at radius 2 is 1.69 bits per heavy atom. The fourth-order valence-electron chi connectivity index (χ4n) is 1.80.